The number of nitrogen functional groups attached to an aromatic ring is 2. The molecule has 0 saturated carbocycles. The minimum atomic E-state index is -0.508. The molecule has 0 spiro atoms. The summed E-state index contributed by atoms with van der Waals surface area (Å²) in [7, 11) is 0. The number of nitrogens with two attached hydrogens (primary N) is 2. The van der Waals surface area contributed by atoms with E-state index < -0.39 is 5.24 Å². The van der Waals surface area contributed by atoms with Crippen LogP contribution in [0.1, 0.15) is 45.7 Å². The first-order valence-electron chi connectivity index (χ1n) is 17.2. The molecule has 0 amide bonds. The largest absolute Gasteiger partial charge is 0.462 e. The minimum Gasteiger partial charge on any atom is -0.462 e. The molecule has 16 heteroatoms. The standard InChI is InChI=1S/C17H18N2O3.C9H11NO2.C8H8ClNO.C5H6N2.C2H2Cl2O/c1-2-22-17(21)14-3-5-15(6-4-14)19-12-16(20)11-13-7-9-18-10-8-13;1-2-12-9(11)7-3-5-8(10)6-4-7;9-6-8(11)5-7-1-3-10-4-2-7;6-5-1-3-7-4-2-5;3-1-2(4)5/h3-10,19H,2,11-12H2,1H3;3-6H,2,10H2,1H3;1-4H,5-6H2;1-4H,(H2,6,7);1H2. The first kappa shape index (κ1) is 49.1. The van der Waals surface area contributed by atoms with Crippen LogP contribution in [0.2, 0.25) is 0 Å². The van der Waals surface area contributed by atoms with E-state index in [0.717, 1.165) is 22.5 Å². The van der Waals surface area contributed by atoms with E-state index in [2.05, 4.69) is 20.3 Å². The molecule has 0 aliphatic carbocycles. The van der Waals surface area contributed by atoms with E-state index >= 15 is 0 Å². The number of nitrogens with one attached hydrogen (secondary N) is 1. The van der Waals surface area contributed by atoms with Crippen molar-refractivity contribution < 1.29 is 33.4 Å². The maximum Gasteiger partial charge on any atom is 0.338 e. The predicted octanol–water partition coefficient (Wildman–Crippen LogP) is 7.01. The molecule has 0 aliphatic rings. The van der Waals surface area contributed by atoms with Crippen molar-refractivity contribution in [1.29, 1.82) is 0 Å². The fourth-order valence-electron chi connectivity index (χ4n) is 3.90. The number of aromatic nitrogens is 3. The van der Waals surface area contributed by atoms with Gasteiger partial charge in [-0.2, -0.15) is 0 Å². The number of alkyl halides is 2. The number of carbonyl (C=O) groups is 5. The Hall–Kier alpha value is -5.89. The molecule has 0 aliphatic heterocycles. The maximum absolute atomic E-state index is 11.9. The van der Waals surface area contributed by atoms with Crippen molar-refractivity contribution in [2.75, 3.05) is 48.3 Å². The molecule has 5 aromatic rings. The summed E-state index contributed by atoms with van der Waals surface area (Å²) in [5.74, 6) is -0.539. The molecule has 0 bridgehead atoms. The zero-order valence-electron chi connectivity index (χ0n) is 31.5. The third-order valence-electron chi connectivity index (χ3n) is 6.57. The van der Waals surface area contributed by atoms with Crippen LogP contribution in [0.4, 0.5) is 17.1 Å². The normalized spacial score (nSPS) is 9.42. The van der Waals surface area contributed by atoms with Gasteiger partial charge in [-0.15, -0.1) is 23.2 Å². The number of hydrogen-bond acceptors (Lipinski definition) is 13. The van der Waals surface area contributed by atoms with Crippen LogP contribution in [0, 0.1) is 0 Å². The van der Waals surface area contributed by atoms with Crippen LogP contribution in [-0.4, -0.2) is 75.2 Å². The van der Waals surface area contributed by atoms with Gasteiger partial charge in [0.25, 0.3) is 0 Å². The molecule has 5 N–H and O–H groups in total. The number of ketones is 2. The van der Waals surface area contributed by atoms with Gasteiger partial charge in [-0.25, -0.2) is 9.59 Å². The molecule has 2 aromatic carbocycles. The van der Waals surface area contributed by atoms with Gasteiger partial charge in [0.2, 0.25) is 5.24 Å². The number of benzene rings is 2. The Morgan fingerprint density at radius 3 is 1.28 bits per heavy atom. The number of pyridine rings is 3. The molecule has 0 atom stereocenters. The van der Waals surface area contributed by atoms with Crippen LogP contribution in [-0.2, 0) is 36.7 Å². The minimum absolute atomic E-state index is 0.0397. The number of hydrogen-bond donors (Lipinski definition) is 3. The summed E-state index contributed by atoms with van der Waals surface area (Å²) >= 11 is 14.9. The fourth-order valence-corrected chi connectivity index (χ4v) is 4.00. The summed E-state index contributed by atoms with van der Waals surface area (Å²) in [5, 5.41) is 2.54. The number of carbonyl (C=O) groups excluding carboxylic acids is 5. The number of halogens is 3. The van der Waals surface area contributed by atoms with E-state index in [4.69, 9.17) is 55.7 Å². The molecular formula is C41H45Cl3N6O7. The van der Waals surface area contributed by atoms with Crippen molar-refractivity contribution in [2.24, 2.45) is 0 Å². The van der Waals surface area contributed by atoms with Crippen molar-refractivity contribution in [2.45, 2.75) is 26.7 Å². The molecule has 3 heterocycles. The predicted molar refractivity (Wildman–Crippen MR) is 225 cm³/mol. The average molecular weight is 840 g/mol. The molecule has 5 rings (SSSR count). The number of rotatable bonds is 13. The van der Waals surface area contributed by atoms with Gasteiger partial charge in [0.15, 0.2) is 11.6 Å². The summed E-state index contributed by atoms with van der Waals surface area (Å²) in [5.41, 5.74) is 15.9. The number of esters is 2. The van der Waals surface area contributed by atoms with Crippen LogP contribution >= 0.6 is 34.8 Å². The Morgan fingerprint density at radius 1 is 0.561 bits per heavy atom. The second kappa shape index (κ2) is 30.3. The second-order valence-electron chi connectivity index (χ2n) is 11.0. The Bertz CT molecular complexity index is 1890. The van der Waals surface area contributed by atoms with Gasteiger partial charge in [-0.05, 0) is 122 Å². The zero-order valence-corrected chi connectivity index (χ0v) is 33.8. The van der Waals surface area contributed by atoms with Crippen molar-refractivity contribution in [1.82, 2.24) is 15.0 Å². The number of ether oxygens (including phenoxy) is 2. The molecule has 3 aromatic heterocycles. The van der Waals surface area contributed by atoms with E-state index in [1.54, 1.807) is 112 Å². The Morgan fingerprint density at radius 2 is 0.930 bits per heavy atom. The lowest BCUT2D eigenvalue weighted by Crippen LogP contribution is -2.16. The van der Waals surface area contributed by atoms with Crippen molar-refractivity contribution in [3.8, 4) is 0 Å². The molecule has 0 fully saturated rings. The van der Waals surface area contributed by atoms with Gasteiger partial charge < -0.3 is 26.3 Å². The molecule has 0 radical (unpaired) electrons. The Balaban J connectivity index is 0.000000393. The monoisotopic (exact) mass is 838 g/mol. The van der Waals surface area contributed by atoms with Crippen LogP contribution in [0.25, 0.3) is 0 Å². The third-order valence-corrected chi connectivity index (χ3v) is 7.38. The number of Topliss-reactive ketones (excluding diaryl/α,β-unsaturated/α-hetero) is 2. The SMILES string of the molecule is CCOC(=O)c1ccc(N)cc1.CCOC(=O)c1ccc(NCC(=O)Cc2ccncc2)cc1.Nc1ccncc1.O=C(CCl)Cc1ccncc1.O=C(Cl)CCl. The first-order valence-corrected chi connectivity index (χ1v) is 18.7. The van der Waals surface area contributed by atoms with Gasteiger partial charge in [-0.3, -0.25) is 29.3 Å². The number of anilines is 3. The highest BCUT2D eigenvalue weighted by atomic mass is 35.5. The quantitative estimate of drug-likeness (QED) is 0.0473. The molecular weight excluding hydrogens is 795 g/mol. The van der Waals surface area contributed by atoms with Crippen molar-refractivity contribution >= 4 is 80.6 Å². The van der Waals surface area contributed by atoms with Gasteiger partial charge in [0.05, 0.1) is 42.6 Å². The highest BCUT2D eigenvalue weighted by molar-refractivity contribution is 6.67. The molecule has 302 valence electrons. The Labute approximate surface area is 347 Å². The van der Waals surface area contributed by atoms with E-state index in [-0.39, 0.29) is 41.8 Å². The highest BCUT2D eigenvalue weighted by Gasteiger charge is 2.07. The van der Waals surface area contributed by atoms with Crippen molar-refractivity contribution in [3.05, 3.63) is 144 Å². The van der Waals surface area contributed by atoms with Crippen LogP contribution in [0.5, 0.6) is 0 Å². The van der Waals surface area contributed by atoms with Crippen LogP contribution < -0.4 is 16.8 Å². The highest BCUT2D eigenvalue weighted by Crippen LogP contribution is 2.11. The van der Waals surface area contributed by atoms with E-state index in [1.807, 2.05) is 24.3 Å². The van der Waals surface area contributed by atoms with Crippen molar-refractivity contribution in [3.63, 3.8) is 0 Å². The smallest absolute Gasteiger partial charge is 0.338 e. The lowest BCUT2D eigenvalue weighted by Gasteiger charge is -2.07. The molecule has 0 unspecified atom stereocenters. The molecule has 57 heavy (non-hydrogen) atoms. The number of nitrogens with zero attached hydrogens (tertiary/aromatic N) is 3. The lowest BCUT2D eigenvalue weighted by molar-refractivity contribution is -0.117. The fraction of sp³-hybridized carbons (Fsp3) is 0.220. The summed E-state index contributed by atoms with van der Waals surface area (Å²) in [6.45, 7) is 4.52. The van der Waals surface area contributed by atoms with Crippen LogP contribution in [0.15, 0.2) is 122 Å². The van der Waals surface area contributed by atoms with Gasteiger partial charge in [0.1, 0.15) is 0 Å². The maximum atomic E-state index is 11.9. The summed E-state index contributed by atoms with van der Waals surface area (Å²) in [6.07, 6.45) is 10.8. The average Bonchev–Trinajstić information content (AvgIpc) is 3.22. The van der Waals surface area contributed by atoms with Gasteiger partial charge in [-0.1, -0.05) is 0 Å². The third kappa shape index (κ3) is 24.3. The summed E-state index contributed by atoms with van der Waals surface area (Å²) in [6, 6.07) is 24.3. The first-order chi connectivity index (χ1) is 27.4. The van der Waals surface area contributed by atoms with E-state index in [0.29, 0.717) is 42.9 Å². The van der Waals surface area contributed by atoms with Gasteiger partial charge in [0, 0.05) is 67.1 Å². The topological polar surface area (TPSA) is 207 Å². The Kier molecular flexibility index (Phi) is 26.2. The molecule has 13 nitrogen and oxygen atoms in total. The van der Waals surface area contributed by atoms with Crippen LogP contribution in [0.3, 0.4) is 0 Å². The zero-order chi connectivity index (χ0) is 42.3. The van der Waals surface area contributed by atoms with Gasteiger partial charge >= 0.3 is 11.9 Å². The summed E-state index contributed by atoms with van der Waals surface area (Å²) < 4.78 is 9.70. The van der Waals surface area contributed by atoms with E-state index in [1.165, 1.54) is 0 Å². The molecule has 0 saturated heterocycles. The lowest BCUT2D eigenvalue weighted by atomic mass is 10.1. The van der Waals surface area contributed by atoms with E-state index in [9.17, 15) is 24.0 Å². The summed E-state index contributed by atoms with van der Waals surface area (Å²) in [4.78, 5) is 66.3. The second-order valence-corrected chi connectivity index (χ2v) is 12.0.